The normalized spacial score (nSPS) is 20.5. The molecule has 0 aliphatic carbocycles. The third-order valence-corrected chi connectivity index (χ3v) is 7.35. The van der Waals surface area contributed by atoms with Crippen LogP contribution >= 0.6 is 11.3 Å². The maximum atomic E-state index is 13.8. The summed E-state index contributed by atoms with van der Waals surface area (Å²) in [6, 6.07) is 13.6. The molecule has 1 aromatic heterocycles. The number of carbonyl (C=O) groups excluding carboxylic acids is 2. The summed E-state index contributed by atoms with van der Waals surface area (Å²) in [5, 5.41) is 0.663. The van der Waals surface area contributed by atoms with Crippen LogP contribution in [-0.2, 0) is 14.3 Å². The predicted octanol–water partition coefficient (Wildman–Crippen LogP) is 4.18. The molecule has 0 saturated carbocycles. The highest BCUT2D eigenvalue weighted by molar-refractivity contribution is 7.22. The van der Waals surface area contributed by atoms with Crippen LogP contribution in [0.15, 0.2) is 42.5 Å². The second-order valence-electron chi connectivity index (χ2n) is 8.63. The van der Waals surface area contributed by atoms with Gasteiger partial charge in [0, 0.05) is 19.6 Å². The van der Waals surface area contributed by atoms with Gasteiger partial charge in [-0.3, -0.25) is 14.5 Å². The third-order valence-electron chi connectivity index (χ3n) is 6.29. The van der Waals surface area contributed by atoms with Gasteiger partial charge in [-0.25, -0.2) is 4.98 Å². The summed E-state index contributed by atoms with van der Waals surface area (Å²) in [5.41, 5.74) is 2.61. The van der Waals surface area contributed by atoms with Crippen molar-refractivity contribution in [2.75, 3.05) is 36.6 Å². The van der Waals surface area contributed by atoms with Crippen LogP contribution in [0, 0.1) is 12.8 Å². The van der Waals surface area contributed by atoms with Gasteiger partial charge in [0.05, 0.1) is 41.6 Å². The molecule has 2 atom stereocenters. The SMILES string of the molecule is COc1ccc(C)cc1N1C[C@@H](C(=O)N(C[C@H]2CCCO2)c2nc3ccccc3s2)CC1=O. The summed E-state index contributed by atoms with van der Waals surface area (Å²) < 4.78 is 12.4. The highest BCUT2D eigenvalue weighted by Gasteiger charge is 2.40. The number of methoxy groups -OCH3 is 1. The van der Waals surface area contributed by atoms with Crippen molar-refractivity contribution in [2.45, 2.75) is 32.3 Å². The molecule has 7 nitrogen and oxygen atoms in total. The van der Waals surface area contributed by atoms with Crippen molar-refractivity contribution in [2.24, 2.45) is 5.92 Å². The van der Waals surface area contributed by atoms with Crippen LogP contribution in [0.1, 0.15) is 24.8 Å². The van der Waals surface area contributed by atoms with Crippen LogP contribution in [0.25, 0.3) is 10.2 Å². The Hall–Kier alpha value is -2.97. The number of hydrogen-bond acceptors (Lipinski definition) is 6. The van der Waals surface area contributed by atoms with Gasteiger partial charge < -0.3 is 14.4 Å². The number of anilines is 2. The number of aromatic nitrogens is 1. The lowest BCUT2D eigenvalue weighted by Gasteiger charge is -2.26. The number of hydrogen-bond donors (Lipinski definition) is 0. The van der Waals surface area contributed by atoms with Gasteiger partial charge in [0.15, 0.2) is 5.13 Å². The van der Waals surface area contributed by atoms with E-state index >= 15 is 0 Å². The first-order valence-corrected chi connectivity index (χ1v) is 12.1. The first-order valence-electron chi connectivity index (χ1n) is 11.3. The number of ether oxygens (including phenoxy) is 2. The highest BCUT2D eigenvalue weighted by Crippen LogP contribution is 2.36. The Morgan fingerprint density at radius 1 is 1.30 bits per heavy atom. The molecule has 2 fully saturated rings. The van der Waals surface area contributed by atoms with Gasteiger partial charge in [-0.05, 0) is 49.6 Å². The van der Waals surface area contributed by atoms with Crippen molar-refractivity contribution >= 4 is 44.2 Å². The largest absolute Gasteiger partial charge is 0.495 e. The Balaban J connectivity index is 1.43. The fourth-order valence-corrected chi connectivity index (χ4v) is 5.55. The lowest BCUT2D eigenvalue weighted by Crippen LogP contribution is -2.42. The third kappa shape index (κ3) is 4.32. The molecule has 0 radical (unpaired) electrons. The molecule has 2 saturated heterocycles. The molecule has 0 spiro atoms. The minimum Gasteiger partial charge on any atom is -0.495 e. The van der Waals surface area contributed by atoms with Crippen LogP contribution in [0.3, 0.4) is 0 Å². The van der Waals surface area contributed by atoms with E-state index in [0.717, 1.165) is 35.2 Å². The zero-order valence-electron chi connectivity index (χ0n) is 18.8. The van der Waals surface area contributed by atoms with Gasteiger partial charge in [-0.1, -0.05) is 29.5 Å². The lowest BCUT2D eigenvalue weighted by molar-refractivity contribution is -0.124. The monoisotopic (exact) mass is 465 g/mol. The van der Waals surface area contributed by atoms with Gasteiger partial charge in [-0.2, -0.15) is 0 Å². The van der Waals surface area contributed by atoms with Crippen molar-refractivity contribution in [3.8, 4) is 5.75 Å². The number of amides is 2. The molecule has 2 amide bonds. The number of fused-ring (bicyclic) bond motifs is 1. The fourth-order valence-electron chi connectivity index (χ4n) is 4.57. The highest BCUT2D eigenvalue weighted by atomic mass is 32.1. The lowest BCUT2D eigenvalue weighted by atomic mass is 10.1. The topological polar surface area (TPSA) is 72.0 Å². The molecule has 2 aliphatic rings. The molecule has 0 unspecified atom stereocenters. The molecule has 8 heteroatoms. The Morgan fingerprint density at radius 2 is 2.15 bits per heavy atom. The van der Waals surface area contributed by atoms with Crippen molar-refractivity contribution in [3.05, 3.63) is 48.0 Å². The first kappa shape index (κ1) is 21.9. The number of benzene rings is 2. The van der Waals surface area contributed by atoms with Crippen molar-refractivity contribution in [3.63, 3.8) is 0 Å². The molecule has 172 valence electrons. The number of para-hydroxylation sites is 1. The average molecular weight is 466 g/mol. The summed E-state index contributed by atoms with van der Waals surface area (Å²) in [6.45, 7) is 3.47. The molecular formula is C25H27N3O4S. The molecule has 0 bridgehead atoms. The van der Waals surface area contributed by atoms with Crippen molar-refractivity contribution in [1.82, 2.24) is 4.98 Å². The summed E-state index contributed by atoms with van der Waals surface area (Å²) in [6.07, 6.45) is 2.08. The second-order valence-corrected chi connectivity index (χ2v) is 9.64. The van der Waals surface area contributed by atoms with E-state index in [-0.39, 0.29) is 24.3 Å². The number of rotatable bonds is 6. The quantitative estimate of drug-likeness (QED) is 0.546. The van der Waals surface area contributed by atoms with E-state index in [1.54, 1.807) is 16.9 Å². The van der Waals surface area contributed by atoms with Gasteiger partial charge in [0.1, 0.15) is 5.75 Å². The summed E-state index contributed by atoms with van der Waals surface area (Å²) in [4.78, 5) is 34.9. The first-order chi connectivity index (χ1) is 16.0. The van der Waals surface area contributed by atoms with E-state index < -0.39 is 5.92 Å². The molecular weight excluding hydrogens is 438 g/mol. The minimum atomic E-state index is -0.448. The van der Waals surface area contributed by atoms with Gasteiger partial charge >= 0.3 is 0 Å². The molecule has 5 rings (SSSR count). The van der Waals surface area contributed by atoms with Crippen LogP contribution in [0.5, 0.6) is 5.75 Å². The Bertz CT molecular complexity index is 1150. The number of nitrogens with zero attached hydrogens (tertiary/aromatic N) is 3. The predicted molar refractivity (Wildman–Crippen MR) is 129 cm³/mol. The standard InChI is InChI=1S/C25H27N3O4S/c1-16-9-10-21(31-2)20(12-16)27-14-17(13-23(27)29)24(30)28(15-18-6-5-11-32-18)25-26-19-7-3-4-8-22(19)33-25/h3-4,7-10,12,17-18H,5-6,11,13-15H2,1-2H3/t17-,18+/m0/s1. The van der Waals surface area contributed by atoms with Crippen LogP contribution < -0.4 is 14.5 Å². The van der Waals surface area contributed by atoms with Crippen LogP contribution in [0.2, 0.25) is 0 Å². The van der Waals surface area contributed by atoms with Gasteiger partial charge in [-0.15, -0.1) is 0 Å². The fraction of sp³-hybridized carbons (Fsp3) is 0.400. The van der Waals surface area contributed by atoms with E-state index in [1.807, 2.05) is 49.4 Å². The number of thiazole rings is 1. The van der Waals surface area contributed by atoms with Gasteiger partial charge in [0.2, 0.25) is 11.8 Å². The molecule has 2 aromatic carbocycles. The molecule has 33 heavy (non-hydrogen) atoms. The molecule has 3 heterocycles. The van der Waals surface area contributed by atoms with E-state index in [4.69, 9.17) is 14.5 Å². The maximum absolute atomic E-state index is 13.8. The van der Waals surface area contributed by atoms with Crippen molar-refractivity contribution < 1.29 is 19.1 Å². The second kappa shape index (κ2) is 9.11. The average Bonchev–Trinajstić information content (AvgIpc) is 3.56. The number of aryl methyl sites for hydroxylation is 1. The van der Waals surface area contributed by atoms with Gasteiger partial charge in [0.25, 0.3) is 0 Å². The Labute approximate surface area is 196 Å². The molecule has 0 N–H and O–H groups in total. The van der Waals surface area contributed by atoms with Crippen LogP contribution in [0.4, 0.5) is 10.8 Å². The summed E-state index contributed by atoms with van der Waals surface area (Å²) in [7, 11) is 1.59. The Kier molecular flexibility index (Phi) is 6.03. The maximum Gasteiger partial charge on any atom is 0.234 e. The van der Waals surface area contributed by atoms with Crippen molar-refractivity contribution in [1.29, 1.82) is 0 Å². The van der Waals surface area contributed by atoms with E-state index in [2.05, 4.69) is 0 Å². The zero-order chi connectivity index (χ0) is 22.9. The van der Waals surface area contributed by atoms with E-state index in [1.165, 1.54) is 11.3 Å². The molecule has 3 aromatic rings. The number of carbonyl (C=O) groups is 2. The molecule has 2 aliphatic heterocycles. The zero-order valence-corrected chi connectivity index (χ0v) is 19.6. The van der Waals surface area contributed by atoms with Crippen LogP contribution in [-0.4, -0.2) is 49.7 Å². The Morgan fingerprint density at radius 3 is 2.91 bits per heavy atom. The van der Waals surface area contributed by atoms with E-state index in [0.29, 0.717) is 29.7 Å². The summed E-state index contributed by atoms with van der Waals surface area (Å²) in [5.74, 6) is 0.0335. The summed E-state index contributed by atoms with van der Waals surface area (Å²) >= 11 is 1.50. The minimum absolute atomic E-state index is 0.00830. The smallest absolute Gasteiger partial charge is 0.234 e. The van der Waals surface area contributed by atoms with E-state index in [9.17, 15) is 9.59 Å².